The molecule has 5 nitrogen and oxygen atoms in total. The number of carbonyl (C=O) groups is 1. The number of rotatable bonds is 3. The maximum atomic E-state index is 12.1. The van der Waals surface area contributed by atoms with Gasteiger partial charge in [0.15, 0.2) is 0 Å². The molecule has 19 heavy (non-hydrogen) atoms. The minimum Gasteiger partial charge on any atom is -0.364 e. The van der Waals surface area contributed by atoms with E-state index in [1.165, 1.54) is 0 Å². The van der Waals surface area contributed by atoms with Crippen LogP contribution in [0.15, 0.2) is 23.7 Å². The number of nitrogens with two attached hydrogens (primary N) is 1. The third kappa shape index (κ3) is 2.60. The number of hydrogen-bond donors (Lipinski definition) is 2. The molecule has 0 radical (unpaired) electrons. The molecule has 0 saturated carbocycles. The molecule has 0 spiro atoms. The van der Waals surface area contributed by atoms with Crippen LogP contribution in [0.5, 0.6) is 0 Å². The fourth-order valence-electron chi connectivity index (χ4n) is 2.23. The molecular weight excluding hydrogens is 262 g/mol. The second-order valence-corrected chi connectivity index (χ2v) is 5.47. The fourth-order valence-corrected chi connectivity index (χ4v) is 2.89. The number of ether oxygens (including phenoxy) is 1. The van der Waals surface area contributed by atoms with E-state index in [9.17, 15) is 4.79 Å². The van der Waals surface area contributed by atoms with Gasteiger partial charge in [-0.3, -0.25) is 4.79 Å². The van der Waals surface area contributed by atoms with E-state index in [0.717, 1.165) is 28.7 Å². The van der Waals surface area contributed by atoms with Crippen molar-refractivity contribution in [1.29, 1.82) is 0 Å². The number of thiazole rings is 1. The van der Waals surface area contributed by atoms with Crippen LogP contribution < -0.4 is 11.1 Å². The summed E-state index contributed by atoms with van der Waals surface area (Å²) in [6.45, 7) is 0.467. The van der Waals surface area contributed by atoms with Crippen LogP contribution in [-0.2, 0) is 9.53 Å². The molecule has 1 aromatic carbocycles. The number of hydrogen-bond acceptors (Lipinski definition) is 5. The second-order valence-electron chi connectivity index (χ2n) is 4.58. The number of aromatic nitrogens is 1. The Morgan fingerprint density at radius 1 is 1.53 bits per heavy atom. The predicted molar refractivity (Wildman–Crippen MR) is 75.2 cm³/mol. The van der Waals surface area contributed by atoms with E-state index in [0.29, 0.717) is 6.54 Å². The summed E-state index contributed by atoms with van der Waals surface area (Å²) in [4.78, 5) is 16.3. The number of anilines is 1. The molecule has 6 heteroatoms. The van der Waals surface area contributed by atoms with Crippen molar-refractivity contribution in [3.63, 3.8) is 0 Å². The van der Waals surface area contributed by atoms with Crippen molar-refractivity contribution in [2.75, 3.05) is 11.9 Å². The van der Waals surface area contributed by atoms with Gasteiger partial charge in [0, 0.05) is 12.2 Å². The van der Waals surface area contributed by atoms with Crippen LogP contribution in [-0.4, -0.2) is 29.6 Å². The van der Waals surface area contributed by atoms with E-state index in [-0.39, 0.29) is 18.1 Å². The average Bonchev–Trinajstić information content (AvgIpc) is 3.06. The lowest BCUT2D eigenvalue weighted by Gasteiger charge is -2.12. The topological polar surface area (TPSA) is 77.2 Å². The van der Waals surface area contributed by atoms with Crippen molar-refractivity contribution in [3.8, 4) is 0 Å². The quantitative estimate of drug-likeness (QED) is 0.896. The first-order valence-corrected chi connectivity index (χ1v) is 7.14. The molecule has 3 rings (SSSR count). The van der Waals surface area contributed by atoms with E-state index < -0.39 is 0 Å². The van der Waals surface area contributed by atoms with E-state index in [2.05, 4.69) is 10.3 Å². The van der Waals surface area contributed by atoms with Crippen LogP contribution in [0, 0.1) is 0 Å². The zero-order valence-electron chi connectivity index (χ0n) is 10.3. The summed E-state index contributed by atoms with van der Waals surface area (Å²) in [5, 5.41) is 2.87. The number of benzene rings is 1. The summed E-state index contributed by atoms with van der Waals surface area (Å²) >= 11 is 1.58. The molecule has 1 fully saturated rings. The lowest BCUT2D eigenvalue weighted by atomic mass is 10.2. The van der Waals surface area contributed by atoms with Gasteiger partial charge in [-0.15, -0.1) is 11.3 Å². The van der Waals surface area contributed by atoms with Gasteiger partial charge < -0.3 is 15.8 Å². The molecule has 0 aliphatic carbocycles. The lowest BCUT2D eigenvalue weighted by molar-refractivity contribution is -0.126. The van der Waals surface area contributed by atoms with Crippen molar-refractivity contribution < 1.29 is 9.53 Å². The van der Waals surface area contributed by atoms with Crippen LogP contribution in [0.2, 0.25) is 0 Å². The summed E-state index contributed by atoms with van der Waals surface area (Å²) in [5.74, 6) is -0.106. The summed E-state index contributed by atoms with van der Waals surface area (Å²) in [6, 6.07) is 5.72. The van der Waals surface area contributed by atoms with Gasteiger partial charge in [0.2, 0.25) is 0 Å². The predicted octanol–water partition coefficient (Wildman–Crippen LogP) is 1.74. The van der Waals surface area contributed by atoms with Gasteiger partial charge in [0.25, 0.3) is 5.91 Å². The summed E-state index contributed by atoms with van der Waals surface area (Å²) in [6.07, 6.45) is 1.20. The Morgan fingerprint density at radius 2 is 2.42 bits per heavy atom. The van der Waals surface area contributed by atoms with E-state index >= 15 is 0 Å². The fraction of sp³-hybridized carbons (Fsp3) is 0.385. The van der Waals surface area contributed by atoms with Crippen LogP contribution in [0.4, 0.5) is 5.69 Å². The molecule has 1 saturated heterocycles. The first-order chi connectivity index (χ1) is 9.26. The summed E-state index contributed by atoms with van der Waals surface area (Å²) in [5.41, 5.74) is 8.98. The van der Waals surface area contributed by atoms with Crippen molar-refractivity contribution in [2.24, 2.45) is 5.73 Å². The van der Waals surface area contributed by atoms with E-state index in [4.69, 9.17) is 10.5 Å². The molecule has 0 bridgehead atoms. The molecule has 2 aromatic rings. The highest BCUT2D eigenvalue weighted by Crippen LogP contribution is 2.23. The van der Waals surface area contributed by atoms with E-state index in [1.807, 2.05) is 18.2 Å². The largest absolute Gasteiger partial charge is 0.364 e. The Morgan fingerprint density at radius 3 is 3.21 bits per heavy atom. The van der Waals surface area contributed by atoms with Gasteiger partial charge in [0.1, 0.15) is 6.10 Å². The monoisotopic (exact) mass is 277 g/mol. The van der Waals surface area contributed by atoms with Gasteiger partial charge >= 0.3 is 0 Å². The van der Waals surface area contributed by atoms with Gasteiger partial charge in [-0.1, -0.05) is 0 Å². The molecule has 1 amide bonds. The van der Waals surface area contributed by atoms with Crippen molar-refractivity contribution in [3.05, 3.63) is 23.7 Å². The number of nitrogens with one attached hydrogen (secondary N) is 1. The third-order valence-corrected chi connectivity index (χ3v) is 4.07. The average molecular weight is 277 g/mol. The SMILES string of the molecule is NC[C@H]1CC[C@@H](C(=O)Nc2ccc3scnc3c2)O1. The van der Waals surface area contributed by atoms with E-state index in [1.54, 1.807) is 16.8 Å². The molecule has 1 aliphatic heterocycles. The zero-order chi connectivity index (χ0) is 13.2. The Labute approximate surface area is 114 Å². The standard InChI is InChI=1S/C13H15N3O2S/c14-6-9-2-3-11(18-9)13(17)16-8-1-4-12-10(5-8)15-7-19-12/h1,4-5,7,9,11H,2-3,6,14H2,(H,16,17)/t9-,11+/m1/s1. The molecule has 100 valence electrons. The molecule has 0 unspecified atom stereocenters. The number of amides is 1. The van der Waals surface area contributed by atoms with Crippen LogP contribution >= 0.6 is 11.3 Å². The Kier molecular flexibility index (Phi) is 3.46. The smallest absolute Gasteiger partial charge is 0.253 e. The van der Waals surface area contributed by atoms with Gasteiger partial charge in [-0.2, -0.15) is 0 Å². The van der Waals surface area contributed by atoms with Crippen LogP contribution in [0.3, 0.4) is 0 Å². The van der Waals surface area contributed by atoms with Crippen LogP contribution in [0.25, 0.3) is 10.2 Å². The molecular formula is C13H15N3O2S. The van der Waals surface area contributed by atoms with Crippen molar-refractivity contribution in [1.82, 2.24) is 4.98 Å². The number of fused-ring (bicyclic) bond motifs is 1. The normalized spacial score (nSPS) is 22.8. The highest BCUT2D eigenvalue weighted by atomic mass is 32.1. The summed E-state index contributed by atoms with van der Waals surface area (Å²) in [7, 11) is 0. The highest BCUT2D eigenvalue weighted by Gasteiger charge is 2.29. The number of carbonyl (C=O) groups excluding carboxylic acids is 1. The zero-order valence-corrected chi connectivity index (χ0v) is 11.2. The highest BCUT2D eigenvalue weighted by molar-refractivity contribution is 7.16. The maximum Gasteiger partial charge on any atom is 0.253 e. The van der Waals surface area contributed by atoms with Gasteiger partial charge in [-0.05, 0) is 31.0 Å². The second kappa shape index (κ2) is 5.24. The Bertz CT molecular complexity index is 598. The Balaban J connectivity index is 1.68. The summed E-state index contributed by atoms with van der Waals surface area (Å²) < 4.78 is 6.68. The maximum absolute atomic E-state index is 12.1. The molecule has 2 heterocycles. The van der Waals surface area contributed by atoms with Gasteiger partial charge in [0.05, 0.1) is 21.8 Å². The van der Waals surface area contributed by atoms with Crippen molar-refractivity contribution in [2.45, 2.75) is 25.0 Å². The minimum atomic E-state index is -0.389. The van der Waals surface area contributed by atoms with Crippen LogP contribution in [0.1, 0.15) is 12.8 Å². The minimum absolute atomic E-state index is 0.0109. The van der Waals surface area contributed by atoms with Crippen molar-refractivity contribution >= 4 is 33.1 Å². The molecule has 2 atom stereocenters. The van der Waals surface area contributed by atoms with Gasteiger partial charge in [-0.25, -0.2) is 4.98 Å². The number of nitrogens with zero attached hydrogens (tertiary/aromatic N) is 1. The first kappa shape index (κ1) is 12.5. The Hall–Kier alpha value is -1.50. The molecule has 1 aromatic heterocycles. The molecule has 3 N–H and O–H groups in total. The molecule has 1 aliphatic rings. The third-order valence-electron chi connectivity index (χ3n) is 3.26. The first-order valence-electron chi connectivity index (χ1n) is 6.26. The lowest BCUT2D eigenvalue weighted by Crippen LogP contribution is -2.29.